The number of carboxylic acid groups (broad SMARTS) is 1. The number of carbonyl (C=O) groups is 3. The maximum Gasteiger partial charge on any atom is 0.405 e. The molecule has 246 valence electrons. The van der Waals surface area contributed by atoms with Crippen LogP contribution in [-0.4, -0.2) is 78.0 Å². The molecule has 1 aliphatic carbocycles. The van der Waals surface area contributed by atoms with Gasteiger partial charge in [-0.2, -0.15) is 5.10 Å². The first kappa shape index (κ1) is 32.1. The number of carbonyl (C=O) groups excluding carboxylic acids is 2. The summed E-state index contributed by atoms with van der Waals surface area (Å²) in [6.07, 6.45) is 3.94. The fourth-order valence-corrected chi connectivity index (χ4v) is 7.29. The number of methoxy groups -OCH3 is 2. The number of nitrogens with zero attached hydrogens (tertiary/aromatic N) is 3. The Kier molecular flexibility index (Phi) is 9.75. The second kappa shape index (κ2) is 14.3. The Morgan fingerprint density at radius 2 is 1.49 bits per heavy atom. The van der Waals surface area contributed by atoms with E-state index in [9.17, 15) is 19.5 Å². The summed E-state index contributed by atoms with van der Waals surface area (Å²) in [7, 11) is 3.21. The summed E-state index contributed by atoms with van der Waals surface area (Å²) in [5.74, 6) is 0.987. The molecule has 2 fully saturated rings. The van der Waals surface area contributed by atoms with Gasteiger partial charge in [0.05, 0.1) is 26.0 Å². The van der Waals surface area contributed by atoms with E-state index in [1.165, 1.54) is 0 Å². The first-order chi connectivity index (χ1) is 22.9. The highest BCUT2D eigenvalue weighted by molar-refractivity contribution is 6.07. The van der Waals surface area contributed by atoms with Crippen LogP contribution in [0.4, 0.5) is 4.79 Å². The highest BCUT2D eigenvalue weighted by Gasteiger charge is 2.44. The number of rotatable bonds is 9. The molecule has 10 nitrogen and oxygen atoms in total. The van der Waals surface area contributed by atoms with E-state index < -0.39 is 12.1 Å². The molecule has 0 radical (unpaired) electrons. The molecule has 1 saturated heterocycles. The molecule has 3 aliphatic rings. The third kappa shape index (κ3) is 6.96. The summed E-state index contributed by atoms with van der Waals surface area (Å²) >= 11 is 0. The number of ether oxygens (including phenoxy) is 2. The minimum Gasteiger partial charge on any atom is -0.493 e. The largest absolute Gasteiger partial charge is 0.493 e. The van der Waals surface area contributed by atoms with Crippen molar-refractivity contribution in [3.05, 3.63) is 83.9 Å². The van der Waals surface area contributed by atoms with Gasteiger partial charge in [0.1, 0.15) is 6.04 Å². The van der Waals surface area contributed by atoms with Gasteiger partial charge in [-0.1, -0.05) is 67.4 Å². The summed E-state index contributed by atoms with van der Waals surface area (Å²) in [5, 5.41) is 18.7. The van der Waals surface area contributed by atoms with Crippen LogP contribution in [0.5, 0.6) is 11.5 Å². The molecule has 2 N–H and O–H groups in total. The molecule has 3 aromatic rings. The van der Waals surface area contributed by atoms with Crippen molar-refractivity contribution < 1.29 is 29.0 Å². The molecule has 2 heterocycles. The first-order valence-electron chi connectivity index (χ1n) is 16.4. The van der Waals surface area contributed by atoms with Gasteiger partial charge in [-0.25, -0.2) is 9.80 Å². The van der Waals surface area contributed by atoms with Crippen molar-refractivity contribution in [2.75, 3.05) is 27.3 Å². The molecule has 0 spiro atoms. The van der Waals surface area contributed by atoms with Gasteiger partial charge in [-0.15, -0.1) is 0 Å². The van der Waals surface area contributed by atoms with E-state index in [0.29, 0.717) is 37.4 Å². The van der Waals surface area contributed by atoms with Crippen molar-refractivity contribution in [1.82, 2.24) is 15.2 Å². The topological polar surface area (TPSA) is 121 Å². The normalized spacial score (nSPS) is 20.6. The maximum atomic E-state index is 13.8. The number of hydrogen-bond acceptors (Lipinski definition) is 6. The van der Waals surface area contributed by atoms with Crippen molar-refractivity contribution in [1.29, 1.82) is 0 Å². The predicted molar refractivity (Wildman–Crippen MR) is 179 cm³/mol. The van der Waals surface area contributed by atoms with Crippen LogP contribution in [0.3, 0.4) is 0 Å². The Morgan fingerprint density at radius 1 is 0.851 bits per heavy atom. The third-order valence-corrected chi connectivity index (χ3v) is 9.77. The number of fused-ring (bicyclic) bond motifs is 1. The Morgan fingerprint density at radius 3 is 2.15 bits per heavy atom. The zero-order chi connectivity index (χ0) is 32.9. The molecule has 0 bridgehead atoms. The lowest BCUT2D eigenvalue weighted by atomic mass is 9.73. The van der Waals surface area contributed by atoms with E-state index in [0.717, 1.165) is 53.6 Å². The van der Waals surface area contributed by atoms with Crippen molar-refractivity contribution >= 4 is 23.6 Å². The Bertz CT molecular complexity index is 1620. The van der Waals surface area contributed by atoms with Crippen LogP contribution >= 0.6 is 0 Å². The second-order valence-corrected chi connectivity index (χ2v) is 12.6. The minimum atomic E-state index is -1.24. The van der Waals surface area contributed by atoms with Gasteiger partial charge in [0, 0.05) is 36.9 Å². The van der Waals surface area contributed by atoms with E-state index in [2.05, 4.69) is 5.32 Å². The summed E-state index contributed by atoms with van der Waals surface area (Å²) in [6, 6.07) is 22.6. The van der Waals surface area contributed by atoms with E-state index in [1.807, 2.05) is 72.8 Å². The molecule has 0 unspecified atom stereocenters. The van der Waals surface area contributed by atoms with Gasteiger partial charge in [-0.3, -0.25) is 9.59 Å². The molecule has 3 aromatic carbocycles. The molecule has 47 heavy (non-hydrogen) atoms. The van der Waals surface area contributed by atoms with E-state index >= 15 is 0 Å². The smallest absolute Gasteiger partial charge is 0.405 e. The summed E-state index contributed by atoms with van der Waals surface area (Å²) in [5.41, 5.74) is 4.82. The Balaban J connectivity index is 1.16. The molecule has 6 rings (SSSR count). The minimum absolute atomic E-state index is 0.0527. The molecule has 3 amide bonds. The SMILES string of the molecule is COc1ccc(C2=NN(C3CCN(C(=O)[C@@H](Cc4ccc(-c5ccccc5)cc4)NC(=O)O)CC3)C(=O)[C@@H]3CCCC[C@H]23)cc1OC. The van der Waals surface area contributed by atoms with Crippen molar-refractivity contribution in [2.24, 2.45) is 16.9 Å². The average Bonchev–Trinajstić information content (AvgIpc) is 3.11. The van der Waals surface area contributed by atoms with Crippen LogP contribution in [0, 0.1) is 11.8 Å². The molecule has 3 atom stereocenters. The maximum absolute atomic E-state index is 13.8. The zero-order valence-corrected chi connectivity index (χ0v) is 26.9. The molecule has 10 heteroatoms. The van der Waals surface area contributed by atoms with Gasteiger partial charge in [0.15, 0.2) is 11.5 Å². The Labute approximate surface area is 275 Å². The zero-order valence-electron chi connectivity index (χ0n) is 26.9. The number of amides is 3. The predicted octanol–water partition coefficient (Wildman–Crippen LogP) is 5.59. The standard InChI is InChI=1S/C37H42N4O6/c1-46-32-17-16-27(23-33(32)47-2)34-29-10-6-7-11-30(29)35(42)41(39-34)28-18-20-40(21-19-28)36(43)31(38-37(44)45)22-24-12-14-26(15-13-24)25-8-4-3-5-9-25/h3-5,8-9,12-17,23,28-31,38H,6-7,10-11,18-22H2,1-2H3,(H,44,45)/t29-,30+,31+/m0/s1. The van der Waals surface area contributed by atoms with Gasteiger partial charge in [-0.05, 0) is 60.6 Å². The van der Waals surface area contributed by atoms with Crippen LogP contribution < -0.4 is 14.8 Å². The van der Waals surface area contributed by atoms with Crippen molar-refractivity contribution in [3.63, 3.8) is 0 Å². The number of hydrazone groups is 1. The molecule has 2 aliphatic heterocycles. The van der Waals surface area contributed by atoms with E-state index in [1.54, 1.807) is 24.1 Å². The van der Waals surface area contributed by atoms with Gasteiger partial charge in [0.25, 0.3) is 0 Å². The first-order valence-corrected chi connectivity index (χ1v) is 16.4. The van der Waals surface area contributed by atoms with Crippen LogP contribution in [0.1, 0.15) is 49.7 Å². The fourth-order valence-electron chi connectivity index (χ4n) is 7.29. The quantitative estimate of drug-likeness (QED) is 0.315. The number of likely N-dealkylation sites (tertiary alicyclic amines) is 1. The van der Waals surface area contributed by atoms with E-state index in [-0.39, 0.29) is 36.1 Å². The van der Waals surface area contributed by atoms with Crippen molar-refractivity contribution in [3.8, 4) is 22.6 Å². The highest BCUT2D eigenvalue weighted by Crippen LogP contribution is 2.40. The lowest BCUT2D eigenvalue weighted by molar-refractivity contribution is -0.143. The lowest BCUT2D eigenvalue weighted by Gasteiger charge is -2.43. The van der Waals surface area contributed by atoms with Crippen LogP contribution in [-0.2, 0) is 16.0 Å². The number of benzene rings is 3. The number of nitrogens with one attached hydrogen (secondary N) is 1. The fraction of sp³-hybridized carbons (Fsp3) is 0.405. The van der Waals surface area contributed by atoms with Gasteiger partial charge in [0.2, 0.25) is 11.8 Å². The molecular weight excluding hydrogens is 596 g/mol. The van der Waals surface area contributed by atoms with Crippen LogP contribution in [0.2, 0.25) is 0 Å². The van der Waals surface area contributed by atoms with Crippen LogP contribution in [0.25, 0.3) is 11.1 Å². The highest BCUT2D eigenvalue weighted by atomic mass is 16.5. The summed E-state index contributed by atoms with van der Waals surface area (Å²) < 4.78 is 11.0. The van der Waals surface area contributed by atoms with Crippen LogP contribution in [0.15, 0.2) is 77.9 Å². The van der Waals surface area contributed by atoms with Gasteiger partial charge < -0.3 is 24.8 Å². The summed E-state index contributed by atoms with van der Waals surface area (Å²) in [6.45, 7) is 0.820. The monoisotopic (exact) mass is 638 g/mol. The lowest BCUT2D eigenvalue weighted by Crippen LogP contribution is -2.55. The molecule has 0 aromatic heterocycles. The van der Waals surface area contributed by atoms with Gasteiger partial charge >= 0.3 is 6.09 Å². The second-order valence-electron chi connectivity index (χ2n) is 12.6. The molecular formula is C37H42N4O6. The number of hydrogen-bond donors (Lipinski definition) is 2. The van der Waals surface area contributed by atoms with E-state index in [4.69, 9.17) is 14.6 Å². The Hall–Kier alpha value is -4.86. The summed E-state index contributed by atoms with van der Waals surface area (Å²) in [4.78, 5) is 40.9. The molecule has 1 saturated carbocycles. The number of piperidine rings is 1. The third-order valence-electron chi connectivity index (χ3n) is 9.77. The average molecular weight is 639 g/mol. The van der Waals surface area contributed by atoms with Crippen molar-refractivity contribution in [2.45, 2.75) is 57.0 Å².